The van der Waals surface area contributed by atoms with Crippen LogP contribution >= 0.6 is 0 Å². The first-order valence-electron chi connectivity index (χ1n) is 5.83. The highest BCUT2D eigenvalue weighted by molar-refractivity contribution is 5.73. The highest BCUT2D eigenvalue weighted by atomic mass is 16.2. The number of carbonyl (C=O) groups is 2. The molecule has 0 aliphatic rings. The van der Waals surface area contributed by atoms with Crippen molar-refractivity contribution in [3.05, 3.63) is 12.2 Å². The molecule has 0 fully saturated rings. The molecule has 0 aromatic carbocycles. The van der Waals surface area contributed by atoms with E-state index in [1.165, 1.54) is 28.2 Å². The lowest BCUT2D eigenvalue weighted by Crippen LogP contribution is -2.30. The van der Waals surface area contributed by atoms with E-state index in [0.717, 1.165) is 10.0 Å². The number of nitrogens with zero attached hydrogens (tertiary/aromatic N) is 6. The summed E-state index contributed by atoms with van der Waals surface area (Å²) in [7, 11) is 6.01. The molecule has 0 saturated heterocycles. The van der Waals surface area contributed by atoms with Gasteiger partial charge in [0.25, 0.3) is 0 Å². The topological polar surface area (TPSA) is 114 Å². The Bertz CT molecular complexity index is 357. The second kappa shape index (κ2) is 10.4. The molecular formula is C10H20N8O2. The maximum Gasteiger partial charge on any atom is 0.338 e. The summed E-state index contributed by atoms with van der Waals surface area (Å²) in [6.45, 7) is 0.643. The SMILES string of the molecule is CNC(=O)N(C)N=NC/C=C/CN=NN(C)C(=O)NC. The maximum absolute atomic E-state index is 11.0. The molecule has 0 aromatic rings. The van der Waals surface area contributed by atoms with Crippen LogP contribution in [-0.2, 0) is 0 Å². The quantitative estimate of drug-likeness (QED) is 0.427. The molecule has 10 heteroatoms. The highest BCUT2D eigenvalue weighted by Crippen LogP contribution is 1.89. The summed E-state index contributed by atoms with van der Waals surface area (Å²) < 4.78 is 0. The van der Waals surface area contributed by atoms with Gasteiger partial charge < -0.3 is 10.6 Å². The van der Waals surface area contributed by atoms with E-state index in [1.807, 2.05) is 0 Å². The summed E-state index contributed by atoms with van der Waals surface area (Å²) in [6, 6.07) is -0.687. The van der Waals surface area contributed by atoms with Gasteiger partial charge in [-0.05, 0) is 0 Å². The molecule has 0 aliphatic carbocycles. The lowest BCUT2D eigenvalue weighted by Gasteiger charge is -2.06. The molecule has 112 valence electrons. The van der Waals surface area contributed by atoms with Crippen LogP contribution in [-0.4, -0.2) is 63.4 Å². The Morgan fingerprint density at radius 1 is 0.900 bits per heavy atom. The summed E-state index contributed by atoms with van der Waals surface area (Å²) in [4.78, 5) is 22.1. The van der Waals surface area contributed by atoms with Crippen LogP contribution in [0.4, 0.5) is 9.59 Å². The Hall–Kier alpha value is -2.52. The molecule has 0 unspecified atom stereocenters. The standard InChI is InChI=1S/C10H20N8O2/c1-11-9(19)17(3)15-13-7-5-6-8-14-16-18(4)10(20)12-2/h5-6H,7-8H2,1-4H3,(H,11,19)(H,12,20)/b6-5+,15-13?,16-14?. The highest BCUT2D eigenvalue weighted by Gasteiger charge is 2.02. The fraction of sp³-hybridized carbons (Fsp3) is 0.600. The van der Waals surface area contributed by atoms with Crippen molar-refractivity contribution < 1.29 is 9.59 Å². The molecule has 0 aromatic heterocycles. The minimum absolute atomic E-state index is 0.322. The van der Waals surface area contributed by atoms with E-state index < -0.39 is 0 Å². The first-order chi connectivity index (χ1) is 9.52. The van der Waals surface area contributed by atoms with E-state index in [2.05, 4.69) is 31.3 Å². The van der Waals surface area contributed by atoms with Crippen LogP contribution < -0.4 is 10.6 Å². The van der Waals surface area contributed by atoms with Crippen molar-refractivity contribution in [2.45, 2.75) is 0 Å². The lowest BCUT2D eigenvalue weighted by molar-refractivity contribution is 0.209. The van der Waals surface area contributed by atoms with Crippen LogP contribution in [0.1, 0.15) is 0 Å². The van der Waals surface area contributed by atoms with E-state index in [0.29, 0.717) is 13.1 Å². The van der Waals surface area contributed by atoms with Gasteiger partial charge in [0.1, 0.15) is 0 Å². The average molecular weight is 284 g/mol. The molecule has 4 amide bonds. The van der Waals surface area contributed by atoms with Crippen LogP contribution in [0.5, 0.6) is 0 Å². The maximum atomic E-state index is 11.0. The second-order valence-corrected chi connectivity index (χ2v) is 3.46. The molecule has 0 spiro atoms. The van der Waals surface area contributed by atoms with Gasteiger partial charge in [0.05, 0.1) is 13.1 Å². The molecule has 0 rings (SSSR count). The van der Waals surface area contributed by atoms with Gasteiger partial charge in [0.2, 0.25) is 0 Å². The third-order valence-electron chi connectivity index (χ3n) is 1.95. The lowest BCUT2D eigenvalue weighted by atomic mass is 10.5. The van der Waals surface area contributed by atoms with Crippen LogP contribution in [0.15, 0.2) is 32.8 Å². The third kappa shape index (κ3) is 7.74. The Labute approximate surface area is 117 Å². The van der Waals surface area contributed by atoms with Crippen molar-refractivity contribution in [2.24, 2.45) is 20.7 Å². The van der Waals surface area contributed by atoms with Gasteiger partial charge >= 0.3 is 12.1 Å². The Balaban J connectivity index is 3.88. The second-order valence-electron chi connectivity index (χ2n) is 3.46. The Morgan fingerprint density at radius 3 is 1.55 bits per heavy atom. The van der Waals surface area contributed by atoms with Crippen molar-refractivity contribution >= 4 is 12.1 Å². The average Bonchev–Trinajstić information content (AvgIpc) is 2.47. The van der Waals surface area contributed by atoms with Gasteiger partial charge in [-0.25, -0.2) is 19.6 Å². The smallest absolute Gasteiger partial charge is 0.338 e. The van der Waals surface area contributed by atoms with E-state index in [-0.39, 0.29) is 12.1 Å². The van der Waals surface area contributed by atoms with Crippen molar-refractivity contribution in [1.29, 1.82) is 0 Å². The summed E-state index contributed by atoms with van der Waals surface area (Å²) >= 11 is 0. The van der Waals surface area contributed by atoms with Crippen molar-refractivity contribution in [1.82, 2.24) is 20.7 Å². The van der Waals surface area contributed by atoms with E-state index in [9.17, 15) is 9.59 Å². The predicted octanol–water partition coefficient (Wildman–Crippen LogP) is 0.819. The minimum atomic E-state index is -0.344. The van der Waals surface area contributed by atoms with E-state index in [1.54, 1.807) is 12.2 Å². The van der Waals surface area contributed by atoms with Crippen molar-refractivity contribution in [3.63, 3.8) is 0 Å². The number of carbonyl (C=O) groups excluding carboxylic acids is 2. The molecular weight excluding hydrogens is 264 g/mol. The zero-order valence-corrected chi connectivity index (χ0v) is 12.1. The van der Waals surface area contributed by atoms with Gasteiger partial charge in [0, 0.05) is 28.2 Å². The summed E-state index contributed by atoms with van der Waals surface area (Å²) in [5.74, 6) is 0. The number of amides is 4. The molecule has 20 heavy (non-hydrogen) atoms. The first-order valence-corrected chi connectivity index (χ1v) is 5.83. The normalized spacial score (nSPS) is 11.2. The molecule has 0 atom stereocenters. The van der Waals surface area contributed by atoms with E-state index in [4.69, 9.17) is 0 Å². The summed E-state index contributed by atoms with van der Waals surface area (Å²) in [6.07, 6.45) is 3.44. The van der Waals surface area contributed by atoms with Gasteiger partial charge in [-0.3, -0.25) is 0 Å². The van der Waals surface area contributed by atoms with Crippen molar-refractivity contribution in [2.75, 3.05) is 41.3 Å². The van der Waals surface area contributed by atoms with Crippen LogP contribution in [0.2, 0.25) is 0 Å². The third-order valence-corrected chi connectivity index (χ3v) is 1.95. The summed E-state index contributed by atoms with van der Waals surface area (Å²) in [5.41, 5.74) is 0. The number of nitrogens with one attached hydrogen (secondary N) is 2. The summed E-state index contributed by atoms with van der Waals surface area (Å²) in [5, 5.41) is 21.8. The van der Waals surface area contributed by atoms with Crippen LogP contribution in [0.3, 0.4) is 0 Å². The molecule has 0 heterocycles. The van der Waals surface area contributed by atoms with Gasteiger partial charge in [-0.2, -0.15) is 10.2 Å². The van der Waals surface area contributed by atoms with Gasteiger partial charge in [0.15, 0.2) is 0 Å². The largest absolute Gasteiger partial charge is 0.340 e. The van der Waals surface area contributed by atoms with Crippen molar-refractivity contribution in [3.8, 4) is 0 Å². The predicted molar refractivity (Wildman–Crippen MR) is 73.0 cm³/mol. The fourth-order valence-electron chi connectivity index (χ4n) is 0.911. The minimum Gasteiger partial charge on any atom is -0.340 e. The monoisotopic (exact) mass is 284 g/mol. The fourth-order valence-corrected chi connectivity index (χ4v) is 0.911. The molecule has 0 radical (unpaired) electrons. The molecule has 0 bridgehead atoms. The zero-order chi connectivity index (χ0) is 15.4. The Morgan fingerprint density at radius 2 is 1.25 bits per heavy atom. The molecule has 10 nitrogen and oxygen atoms in total. The number of hydrogen-bond donors (Lipinski definition) is 2. The number of urea groups is 2. The van der Waals surface area contributed by atoms with Gasteiger partial charge in [-0.1, -0.05) is 22.6 Å². The number of rotatable bonds is 6. The van der Waals surface area contributed by atoms with E-state index >= 15 is 0 Å². The van der Waals surface area contributed by atoms with Crippen LogP contribution in [0, 0.1) is 0 Å². The van der Waals surface area contributed by atoms with Crippen LogP contribution in [0.25, 0.3) is 0 Å². The molecule has 2 N–H and O–H groups in total. The first kappa shape index (κ1) is 17.5. The number of hydrogen-bond acceptors (Lipinski definition) is 6. The molecule has 0 saturated carbocycles. The van der Waals surface area contributed by atoms with Gasteiger partial charge in [-0.15, -0.1) is 0 Å². The zero-order valence-electron chi connectivity index (χ0n) is 12.1. The Kier molecular flexibility index (Phi) is 9.10. The molecule has 0 aliphatic heterocycles.